The number of aromatic nitrogens is 6. The lowest BCUT2D eigenvalue weighted by atomic mass is 10.1. The zero-order valence-electron chi connectivity index (χ0n) is 18.4. The molecular weight excluding hydrogens is 416 g/mol. The van der Waals surface area contributed by atoms with E-state index in [1.807, 2.05) is 36.8 Å². The molecule has 9 heteroatoms. The Morgan fingerprint density at radius 3 is 2.97 bits per heavy atom. The Bertz CT molecular complexity index is 1240. The van der Waals surface area contributed by atoms with Crippen LogP contribution in [-0.4, -0.2) is 55.9 Å². The molecule has 2 aliphatic heterocycles. The summed E-state index contributed by atoms with van der Waals surface area (Å²) in [5.74, 6) is 1.67. The molecular formula is C24H26N8O. The molecule has 4 aromatic rings. The summed E-state index contributed by atoms with van der Waals surface area (Å²) in [5, 5.41) is 7.68. The molecule has 1 atom stereocenters. The normalized spacial score (nSPS) is 18.5. The molecule has 1 fully saturated rings. The molecule has 4 aromatic heterocycles. The maximum Gasteiger partial charge on any atom is 0.183 e. The van der Waals surface area contributed by atoms with E-state index < -0.39 is 0 Å². The number of H-pyrrole nitrogens is 1. The van der Waals surface area contributed by atoms with Crippen LogP contribution in [-0.2, 0) is 17.8 Å². The van der Waals surface area contributed by atoms with Crippen LogP contribution in [0.5, 0.6) is 0 Å². The molecule has 168 valence electrons. The van der Waals surface area contributed by atoms with Crippen molar-refractivity contribution < 1.29 is 4.74 Å². The largest absolute Gasteiger partial charge is 0.372 e. The first-order valence-corrected chi connectivity index (χ1v) is 11.5. The van der Waals surface area contributed by atoms with Crippen molar-refractivity contribution in [3.05, 3.63) is 60.3 Å². The predicted molar refractivity (Wildman–Crippen MR) is 126 cm³/mol. The van der Waals surface area contributed by atoms with Gasteiger partial charge in [0.05, 0.1) is 30.3 Å². The molecule has 33 heavy (non-hydrogen) atoms. The minimum Gasteiger partial charge on any atom is -0.372 e. The Kier molecular flexibility index (Phi) is 5.31. The number of hydrogen-bond donors (Lipinski definition) is 1. The van der Waals surface area contributed by atoms with Crippen molar-refractivity contribution in [1.29, 1.82) is 0 Å². The van der Waals surface area contributed by atoms with Crippen LogP contribution in [0.2, 0.25) is 0 Å². The van der Waals surface area contributed by atoms with Crippen LogP contribution in [0.3, 0.4) is 0 Å². The summed E-state index contributed by atoms with van der Waals surface area (Å²) in [5.41, 5.74) is 4.80. The number of ether oxygens (including phenoxy) is 1. The molecule has 9 nitrogen and oxygen atoms in total. The van der Waals surface area contributed by atoms with Crippen molar-refractivity contribution in [3.8, 4) is 0 Å². The van der Waals surface area contributed by atoms with Gasteiger partial charge in [0.2, 0.25) is 0 Å². The number of aryl methyl sites for hydroxylation is 1. The molecule has 1 unspecified atom stereocenters. The first-order valence-electron chi connectivity index (χ1n) is 11.5. The van der Waals surface area contributed by atoms with Gasteiger partial charge in [-0.3, -0.25) is 15.1 Å². The molecule has 6 heterocycles. The Morgan fingerprint density at radius 2 is 2.03 bits per heavy atom. The van der Waals surface area contributed by atoms with Gasteiger partial charge in [-0.2, -0.15) is 5.10 Å². The molecule has 0 amide bonds. The highest BCUT2D eigenvalue weighted by atomic mass is 16.5. The van der Waals surface area contributed by atoms with Gasteiger partial charge in [0.25, 0.3) is 0 Å². The Balaban J connectivity index is 1.20. The first kappa shape index (κ1) is 20.0. The second-order valence-electron chi connectivity index (χ2n) is 8.58. The number of pyridine rings is 2. The van der Waals surface area contributed by atoms with E-state index in [2.05, 4.69) is 36.0 Å². The van der Waals surface area contributed by atoms with Gasteiger partial charge < -0.3 is 14.5 Å². The van der Waals surface area contributed by atoms with E-state index in [9.17, 15) is 0 Å². The monoisotopic (exact) mass is 442 g/mol. The fourth-order valence-corrected chi connectivity index (χ4v) is 4.71. The molecule has 1 N–H and O–H groups in total. The van der Waals surface area contributed by atoms with Crippen LogP contribution in [0.1, 0.15) is 30.5 Å². The molecule has 0 spiro atoms. The summed E-state index contributed by atoms with van der Waals surface area (Å²) >= 11 is 0. The van der Waals surface area contributed by atoms with Gasteiger partial charge in [0, 0.05) is 38.2 Å². The van der Waals surface area contributed by atoms with Gasteiger partial charge in [0.1, 0.15) is 5.82 Å². The lowest BCUT2D eigenvalue weighted by Crippen LogP contribution is -2.40. The average molecular weight is 443 g/mol. The molecule has 1 saturated heterocycles. The van der Waals surface area contributed by atoms with Crippen molar-refractivity contribution in [2.75, 3.05) is 29.4 Å². The summed E-state index contributed by atoms with van der Waals surface area (Å²) in [6, 6.07) is 8.05. The number of rotatable bonds is 5. The van der Waals surface area contributed by atoms with Gasteiger partial charge >= 0.3 is 0 Å². The third-order valence-corrected chi connectivity index (χ3v) is 6.36. The predicted octanol–water partition coefficient (Wildman–Crippen LogP) is 3.41. The SMILES string of the molecule is c1cncc(COC2CCCN(c3cnc4c(N5CCCc6ncccc65)n[nH]c4n3)C2)c1. The molecule has 0 aliphatic carbocycles. The van der Waals surface area contributed by atoms with Crippen LogP contribution in [0.25, 0.3) is 11.2 Å². The third-order valence-electron chi connectivity index (χ3n) is 6.36. The van der Waals surface area contributed by atoms with E-state index in [1.54, 1.807) is 6.20 Å². The van der Waals surface area contributed by atoms with Crippen molar-refractivity contribution in [2.45, 2.75) is 38.4 Å². The number of piperidine rings is 1. The Morgan fingerprint density at radius 1 is 1.06 bits per heavy atom. The fourth-order valence-electron chi connectivity index (χ4n) is 4.71. The zero-order valence-corrected chi connectivity index (χ0v) is 18.4. The van der Waals surface area contributed by atoms with Gasteiger partial charge in [-0.15, -0.1) is 0 Å². The summed E-state index contributed by atoms with van der Waals surface area (Å²) in [4.78, 5) is 22.8. The second-order valence-corrected chi connectivity index (χ2v) is 8.58. The standard InChI is InChI=1S/C24H26N8O/c1-5-17(13-25-9-1)16-33-18-6-3-11-31(15-18)21-14-27-22-23(28-21)29-30-24(22)32-12-4-7-19-20(32)8-2-10-26-19/h1-2,5,8-10,13-14,18H,3-4,6-7,11-12,15-16H2,(H,28,29,30). The smallest absolute Gasteiger partial charge is 0.183 e. The molecule has 6 rings (SSSR count). The molecule has 0 saturated carbocycles. The Labute approximate surface area is 191 Å². The number of aromatic amines is 1. The first-order chi connectivity index (χ1) is 16.3. The number of nitrogens with one attached hydrogen (secondary N) is 1. The minimum atomic E-state index is 0.158. The van der Waals surface area contributed by atoms with Gasteiger partial charge in [-0.1, -0.05) is 6.07 Å². The topological polar surface area (TPSA) is 96.0 Å². The van der Waals surface area contributed by atoms with Crippen molar-refractivity contribution in [3.63, 3.8) is 0 Å². The third kappa shape index (κ3) is 4.00. The second kappa shape index (κ2) is 8.74. The maximum atomic E-state index is 6.16. The van der Waals surface area contributed by atoms with E-state index in [1.165, 1.54) is 0 Å². The highest BCUT2D eigenvalue weighted by Gasteiger charge is 2.26. The quantitative estimate of drug-likeness (QED) is 0.502. The molecule has 0 aromatic carbocycles. The van der Waals surface area contributed by atoms with Crippen molar-refractivity contribution in [2.24, 2.45) is 0 Å². The van der Waals surface area contributed by atoms with Gasteiger partial charge in [-0.25, -0.2) is 9.97 Å². The van der Waals surface area contributed by atoms with E-state index in [4.69, 9.17) is 14.7 Å². The van der Waals surface area contributed by atoms with E-state index >= 15 is 0 Å². The Hall–Kier alpha value is -3.59. The molecule has 0 radical (unpaired) electrons. The zero-order chi connectivity index (χ0) is 22.0. The molecule has 2 aliphatic rings. The van der Waals surface area contributed by atoms with Crippen molar-refractivity contribution >= 4 is 28.5 Å². The van der Waals surface area contributed by atoms with Crippen LogP contribution in [0.15, 0.2) is 49.1 Å². The van der Waals surface area contributed by atoms with Gasteiger partial charge in [-0.05, 0) is 49.4 Å². The minimum absolute atomic E-state index is 0.158. The van der Waals surface area contributed by atoms with Crippen LogP contribution in [0.4, 0.5) is 17.3 Å². The summed E-state index contributed by atoms with van der Waals surface area (Å²) in [6.45, 7) is 3.21. The van der Waals surface area contributed by atoms with E-state index in [0.29, 0.717) is 12.3 Å². The number of hydrogen-bond acceptors (Lipinski definition) is 8. The average Bonchev–Trinajstić information content (AvgIpc) is 3.31. The van der Waals surface area contributed by atoms with E-state index in [-0.39, 0.29) is 6.10 Å². The highest BCUT2D eigenvalue weighted by molar-refractivity contribution is 5.87. The number of nitrogens with zero attached hydrogens (tertiary/aromatic N) is 7. The lowest BCUT2D eigenvalue weighted by Gasteiger charge is -2.33. The number of fused-ring (bicyclic) bond motifs is 2. The van der Waals surface area contributed by atoms with Crippen LogP contribution < -0.4 is 9.80 Å². The summed E-state index contributed by atoms with van der Waals surface area (Å²) in [6.07, 6.45) is 11.6. The number of anilines is 3. The molecule has 0 bridgehead atoms. The van der Waals surface area contributed by atoms with Gasteiger partial charge in [0.15, 0.2) is 17.0 Å². The summed E-state index contributed by atoms with van der Waals surface area (Å²) < 4.78 is 6.16. The van der Waals surface area contributed by atoms with Crippen LogP contribution in [0, 0.1) is 0 Å². The van der Waals surface area contributed by atoms with E-state index in [0.717, 1.165) is 79.4 Å². The maximum absolute atomic E-state index is 6.16. The van der Waals surface area contributed by atoms with Crippen LogP contribution >= 0.6 is 0 Å². The highest BCUT2D eigenvalue weighted by Crippen LogP contribution is 2.34. The lowest BCUT2D eigenvalue weighted by molar-refractivity contribution is 0.0313. The summed E-state index contributed by atoms with van der Waals surface area (Å²) in [7, 11) is 0. The van der Waals surface area contributed by atoms with Crippen molar-refractivity contribution in [1.82, 2.24) is 30.1 Å². The fraction of sp³-hybridized carbons (Fsp3) is 0.375.